The molecule has 1 atom stereocenters. The fraction of sp³-hybridized carbons (Fsp3) is 0.429. The molecule has 2 rings (SSSR count). The molecular weight excluding hydrogens is 258 g/mol. The first kappa shape index (κ1) is 14.3. The van der Waals surface area contributed by atoms with Gasteiger partial charge < -0.3 is 19.7 Å². The molecule has 6 heteroatoms. The fourth-order valence-corrected chi connectivity index (χ4v) is 1.96. The van der Waals surface area contributed by atoms with Crippen LogP contribution in [-0.4, -0.2) is 24.4 Å². The van der Waals surface area contributed by atoms with Crippen molar-refractivity contribution in [3.8, 4) is 17.2 Å². The zero-order valence-electron chi connectivity index (χ0n) is 11.9. The molecule has 0 aliphatic carbocycles. The molecule has 0 saturated heterocycles. The van der Waals surface area contributed by atoms with Crippen molar-refractivity contribution in [2.45, 2.75) is 25.9 Å². The number of nitrogens with two attached hydrogens (primary N) is 1. The van der Waals surface area contributed by atoms with Gasteiger partial charge in [0.2, 0.25) is 5.82 Å². The summed E-state index contributed by atoms with van der Waals surface area (Å²) in [7, 11) is 3.21. The number of hydrogen-bond acceptors (Lipinski definition) is 6. The van der Waals surface area contributed by atoms with E-state index >= 15 is 0 Å². The standard InChI is InChI=1S/C14H19N3O3/c1-4-5-12(19-3)13-16-14(20-17-13)9-6-7-11(18-2)10(15)8-9/h6-8,12H,4-5,15H2,1-3H3. The van der Waals surface area contributed by atoms with E-state index < -0.39 is 0 Å². The molecule has 2 aromatic rings. The number of nitrogen functional groups attached to an aromatic ring is 1. The summed E-state index contributed by atoms with van der Waals surface area (Å²) < 4.78 is 15.7. The van der Waals surface area contributed by atoms with Crippen molar-refractivity contribution >= 4 is 5.69 Å². The van der Waals surface area contributed by atoms with Crippen LogP contribution in [0.3, 0.4) is 0 Å². The van der Waals surface area contributed by atoms with E-state index in [1.165, 1.54) is 0 Å². The van der Waals surface area contributed by atoms with Crippen LogP contribution in [0.2, 0.25) is 0 Å². The Morgan fingerprint density at radius 2 is 2.15 bits per heavy atom. The Kier molecular flexibility index (Phi) is 4.57. The highest BCUT2D eigenvalue weighted by atomic mass is 16.5. The Bertz CT molecular complexity index is 569. The molecule has 0 aliphatic heterocycles. The van der Waals surface area contributed by atoms with Gasteiger partial charge in [-0.2, -0.15) is 4.98 Å². The number of ether oxygens (including phenoxy) is 2. The molecule has 0 spiro atoms. The quantitative estimate of drug-likeness (QED) is 0.817. The minimum atomic E-state index is -0.145. The summed E-state index contributed by atoms with van der Waals surface area (Å²) >= 11 is 0. The molecule has 0 radical (unpaired) electrons. The predicted molar refractivity (Wildman–Crippen MR) is 75.4 cm³/mol. The van der Waals surface area contributed by atoms with Crippen LogP contribution in [0.5, 0.6) is 5.75 Å². The van der Waals surface area contributed by atoms with Gasteiger partial charge in [0.25, 0.3) is 5.89 Å². The summed E-state index contributed by atoms with van der Waals surface area (Å²) in [5.74, 6) is 1.60. The minimum Gasteiger partial charge on any atom is -0.495 e. The van der Waals surface area contributed by atoms with Crippen LogP contribution in [0.25, 0.3) is 11.5 Å². The van der Waals surface area contributed by atoms with Crippen LogP contribution in [0, 0.1) is 0 Å². The van der Waals surface area contributed by atoms with Crippen LogP contribution in [-0.2, 0) is 4.74 Å². The minimum absolute atomic E-state index is 0.145. The van der Waals surface area contributed by atoms with Gasteiger partial charge in [-0.3, -0.25) is 0 Å². The van der Waals surface area contributed by atoms with E-state index in [0.29, 0.717) is 23.2 Å². The third-order valence-electron chi connectivity index (χ3n) is 3.04. The zero-order chi connectivity index (χ0) is 14.5. The SMILES string of the molecule is CCCC(OC)c1noc(-c2ccc(OC)c(N)c2)n1. The highest BCUT2D eigenvalue weighted by molar-refractivity contribution is 5.65. The molecule has 1 unspecified atom stereocenters. The lowest BCUT2D eigenvalue weighted by Gasteiger charge is -2.08. The molecular formula is C14H19N3O3. The third-order valence-corrected chi connectivity index (χ3v) is 3.04. The number of nitrogens with zero attached hydrogens (tertiary/aromatic N) is 2. The Balaban J connectivity index is 2.26. The van der Waals surface area contributed by atoms with Gasteiger partial charge >= 0.3 is 0 Å². The molecule has 108 valence electrons. The van der Waals surface area contributed by atoms with Crippen LogP contribution in [0.15, 0.2) is 22.7 Å². The number of benzene rings is 1. The average molecular weight is 277 g/mol. The number of aromatic nitrogens is 2. The van der Waals surface area contributed by atoms with E-state index in [1.54, 1.807) is 26.4 Å². The summed E-state index contributed by atoms with van der Waals surface area (Å²) in [6.45, 7) is 2.08. The molecule has 1 aromatic carbocycles. The van der Waals surface area contributed by atoms with Gasteiger partial charge in [0.1, 0.15) is 11.9 Å². The first-order chi connectivity index (χ1) is 9.69. The highest BCUT2D eigenvalue weighted by Gasteiger charge is 2.18. The van der Waals surface area contributed by atoms with Crippen molar-refractivity contribution in [2.24, 2.45) is 0 Å². The molecule has 0 bridgehead atoms. The smallest absolute Gasteiger partial charge is 0.258 e. The number of methoxy groups -OCH3 is 2. The van der Waals surface area contributed by atoms with Crippen molar-refractivity contribution in [3.05, 3.63) is 24.0 Å². The van der Waals surface area contributed by atoms with E-state index in [4.69, 9.17) is 19.7 Å². The summed E-state index contributed by atoms with van der Waals surface area (Å²) in [5.41, 5.74) is 7.16. The zero-order valence-corrected chi connectivity index (χ0v) is 11.9. The van der Waals surface area contributed by atoms with Crippen molar-refractivity contribution in [3.63, 3.8) is 0 Å². The highest BCUT2D eigenvalue weighted by Crippen LogP contribution is 2.28. The Morgan fingerprint density at radius 1 is 1.35 bits per heavy atom. The first-order valence-corrected chi connectivity index (χ1v) is 6.49. The van der Waals surface area contributed by atoms with Crippen LogP contribution in [0.4, 0.5) is 5.69 Å². The van der Waals surface area contributed by atoms with Gasteiger partial charge in [-0.05, 0) is 24.6 Å². The largest absolute Gasteiger partial charge is 0.495 e. The molecule has 0 amide bonds. The molecule has 0 aliphatic rings. The number of rotatable bonds is 6. The predicted octanol–water partition coefficient (Wildman–Crippen LogP) is 2.82. The second-order valence-electron chi connectivity index (χ2n) is 4.43. The van der Waals surface area contributed by atoms with Gasteiger partial charge in [-0.15, -0.1) is 0 Å². The van der Waals surface area contributed by atoms with Gasteiger partial charge in [0, 0.05) is 12.7 Å². The lowest BCUT2D eigenvalue weighted by atomic mass is 10.2. The second-order valence-corrected chi connectivity index (χ2v) is 4.43. The molecule has 0 saturated carbocycles. The molecule has 0 fully saturated rings. The molecule has 1 heterocycles. The van der Waals surface area contributed by atoms with Crippen LogP contribution in [0.1, 0.15) is 31.7 Å². The first-order valence-electron chi connectivity index (χ1n) is 6.49. The maximum absolute atomic E-state index is 5.87. The van der Waals surface area contributed by atoms with Gasteiger partial charge in [-0.25, -0.2) is 0 Å². The van der Waals surface area contributed by atoms with Crippen LogP contribution < -0.4 is 10.5 Å². The number of hydrogen-bond donors (Lipinski definition) is 1. The molecule has 6 nitrogen and oxygen atoms in total. The monoisotopic (exact) mass is 277 g/mol. The maximum Gasteiger partial charge on any atom is 0.258 e. The van der Waals surface area contributed by atoms with E-state index in [0.717, 1.165) is 18.4 Å². The third kappa shape index (κ3) is 2.91. The topological polar surface area (TPSA) is 83.4 Å². The van der Waals surface area contributed by atoms with E-state index in [1.807, 2.05) is 6.07 Å². The van der Waals surface area contributed by atoms with Crippen LogP contribution >= 0.6 is 0 Å². The summed E-state index contributed by atoms with van der Waals surface area (Å²) in [6, 6.07) is 5.35. The Morgan fingerprint density at radius 3 is 2.75 bits per heavy atom. The Hall–Kier alpha value is -2.08. The van der Waals surface area contributed by atoms with E-state index in [-0.39, 0.29) is 6.10 Å². The lowest BCUT2D eigenvalue weighted by Crippen LogP contribution is -2.03. The Labute approximate surface area is 117 Å². The number of anilines is 1. The molecule has 2 N–H and O–H groups in total. The van der Waals surface area contributed by atoms with Crippen molar-refractivity contribution in [1.82, 2.24) is 10.1 Å². The fourth-order valence-electron chi connectivity index (χ4n) is 1.96. The maximum atomic E-state index is 5.87. The molecule has 20 heavy (non-hydrogen) atoms. The van der Waals surface area contributed by atoms with Gasteiger partial charge in [0.05, 0.1) is 12.8 Å². The molecule has 1 aromatic heterocycles. The van der Waals surface area contributed by atoms with Gasteiger partial charge in [0.15, 0.2) is 0 Å². The average Bonchev–Trinajstić information content (AvgIpc) is 2.94. The summed E-state index contributed by atoms with van der Waals surface area (Å²) in [4.78, 5) is 4.37. The normalized spacial score (nSPS) is 12.3. The second kappa shape index (κ2) is 6.38. The van der Waals surface area contributed by atoms with E-state index in [9.17, 15) is 0 Å². The summed E-state index contributed by atoms with van der Waals surface area (Å²) in [5, 5.41) is 3.97. The van der Waals surface area contributed by atoms with Crippen molar-refractivity contribution in [1.29, 1.82) is 0 Å². The van der Waals surface area contributed by atoms with E-state index in [2.05, 4.69) is 17.1 Å². The summed E-state index contributed by atoms with van der Waals surface area (Å²) in [6.07, 6.45) is 1.69. The van der Waals surface area contributed by atoms with Crippen molar-refractivity contribution in [2.75, 3.05) is 20.0 Å². The van der Waals surface area contributed by atoms with Crippen molar-refractivity contribution < 1.29 is 14.0 Å². The van der Waals surface area contributed by atoms with Gasteiger partial charge in [-0.1, -0.05) is 18.5 Å². The lowest BCUT2D eigenvalue weighted by molar-refractivity contribution is 0.0854.